The topological polar surface area (TPSA) is 67.8 Å². The first-order chi connectivity index (χ1) is 17.7. The summed E-state index contributed by atoms with van der Waals surface area (Å²) in [5, 5.41) is 4.62. The van der Waals surface area contributed by atoms with E-state index in [1.807, 2.05) is 5.32 Å². The number of carbonyl (C=O) groups is 2. The number of alkyl halides is 6. The van der Waals surface area contributed by atoms with Crippen molar-refractivity contribution < 1.29 is 45.2 Å². The molecule has 0 aliphatic carbocycles. The van der Waals surface area contributed by atoms with Crippen LogP contribution < -0.4 is 5.32 Å². The molecule has 1 amide bonds. The Morgan fingerprint density at radius 2 is 1.58 bits per heavy atom. The summed E-state index contributed by atoms with van der Waals surface area (Å²) in [6.45, 7) is -1.30. The summed E-state index contributed by atoms with van der Waals surface area (Å²) in [5.74, 6) is -4.27. The second-order valence-electron chi connectivity index (χ2n) is 8.19. The Bertz CT molecular complexity index is 1470. The smallest absolute Gasteiger partial charge is 0.374 e. The molecule has 5 nitrogen and oxygen atoms in total. The summed E-state index contributed by atoms with van der Waals surface area (Å²) in [4.78, 5) is 28.6. The molecule has 0 saturated carbocycles. The highest BCUT2D eigenvalue weighted by Crippen LogP contribution is 2.50. The third-order valence-electron chi connectivity index (χ3n) is 5.84. The number of rotatable bonds is 5. The number of amides is 1. The van der Waals surface area contributed by atoms with Crippen LogP contribution in [0.3, 0.4) is 0 Å². The Morgan fingerprint density at radius 1 is 0.974 bits per heavy atom. The van der Waals surface area contributed by atoms with Crippen LogP contribution in [0.2, 0.25) is 10.0 Å². The molecule has 4 rings (SSSR count). The van der Waals surface area contributed by atoms with Gasteiger partial charge in [0.2, 0.25) is 0 Å². The van der Waals surface area contributed by atoms with Crippen LogP contribution in [0.15, 0.2) is 53.7 Å². The molecule has 0 bridgehead atoms. The summed E-state index contributed by atoms with van der Waals surface area (Å²) >= 11 is 11.4. The molecule has 1 atom stereocenters. The highest BCUT2D eigenvalue weighted by atomic mass is 35.5. The van der Waals surface area contributed by atoms with Crippen molar-refractivity contribution in [1.82, 2.24) is 5.32 Å². The number of carbonyl (C=O) groups excluding carboxylic acids is 2. The van der Waals surface area contributed by atoms with E-state index >= 15 is 0 Å². The van der Waals surface area contributed by atoms with Crippen LogP contribution in [0.5, 0.6) is 0 Å². The predicted molar refractivity (Wildman–Crippen MR) is 124 cm³/mol. The lowest BCUT2D eigenvalue weighted by Gasteiger charge is -2.29. The van der Waals surface area contributed by atoms with Crippen molar-refractivity contribution in [2.75, 3.05) is 6.54 Å². The first-order valence-corrected chi connectivity index (χ1v) is 11.3. The van der Waals surface area contributed by atoms with Gasteiger partial charge in [0.25, 0.3) is 17.3 Å². The number of nitrogens with zero attached hydrogens (tertiary/aromatic N) is 1. The normalized spacial score (nSPS) is 17.8. The van der Waals surface area contributed by atoms with E-state index in [4.69, 9.17) is 28.0 Å². The Morgan fingerprint density at radius 3 is 2.16 bits per heavy atom. The maximum absolute atomic E-state index is 14.3. The van der Waals surface area contributed by atoms with Crippen LogP contribution in [0.4, 0.5) is 30.7 Å². The molecule has 0 spiro atoms. The average molecular weight is 581 g/mol. The Balaban J connectivity index is 1.71. The molecular weight excluding hydrogens is 568 g/mol. The van der Waals surface area contributed by atoms with Crippen molar-refractivity contribution in [2.45, 2.75) is 24.4 Å². The highest BCUT2D eigenvalue weighted by Gasteiger charge is 2.62. The maximum atomic E-state index is 14.3. The fourth-order valence-electron chi connectivity index (χ4n) is 3.94. The van der Waals surface area contributed by atoms with Crippen molar-refractivity contribution in [3.63, 3.8) is 0 Å². The molecule has 0 saturated heterocycles. The Labute approximate surface area is 219 Å². The predicted octanol–water partition coefficient (Wildman–Crippen LogP) is 6.73. The average Bonchev–Trinajstić information content (AvgIpc) is 3.31. The van der Waals surface area contributed by atoms with Crippen molar-refractivity contribution in [3.05, 3.63) is 81.1 Å². The molecule has 0 radical (unpaired) electrons. The van der Waals surface area contributed by atoms with Crippen LogP contribution in [0.25, 0.3) is 10.8 Å². The van der Waals surface area contributed by atoms with Crippen LogP contribution in [0.1, 0.15) is 27.9 Å². The van der Waals surface area contributed by atoms with Gasteiger partial charge < -0.3 is 10.2 Å². The van der Waals surface area contributed by atoms with Crippen molar-refractivity contribution in [3.8, 4) is 0 Å². The van der Waals surface area contributed by atoms with Gasteiger partial charge in [-0.2, -0.15) is 26.3 Å². The quantitative estimate of drug-likeness (QED) is 0.269. The third kappa shape index (κ3) is 4.90. The molecule has 0 fully saturated rings. The number of fused-ring (bicyclic) bond motifs is 1. The summed E-state index contributed by atoms with van der Waals surface area (Å²) in [5.41, 5.74) is -3.82. The molecular formula is C24H13Cl2F7N2O3. The lowest BCUT2D eigenvalue weighted by atomic mass is 9.85. The molecule has 14 heteroatoms. The number of hydrogen-bond donors (Lipinski definition) is 1. The second-order valence-corrected chi connectivity index (χ2v) is 9.01. The van der Waals surface area contributed by atoms with Gasteiger partial charge in [0.15, 0.2) is 5.82 Å². The molecule has 3 aromatic rings. The van der Waals surface area contributed by atoms with Gasteiger partial charge in [0, 0.05) is 23.1 Å². The van der Waals surface area contributed by atoms with Crippen molar-refractivity contribution in [1.29, 1.82) is 0 Å². The number of Topliss-reactive ketones (excluding diaryl/α,β-unsaturated/α-hetero) is 1. The van der Waals surface area contributed by atoms with Crippen LogP contribution in [0, 0.1) is 5.82 Å². The van der Waals surface area contributed by atoms with Gasteiger partial charge in [0.05, 0.1) is 22.3 Å². The molecule has 38 heavy (non-hydrogen) atoms. The minimum atomic E-state index is -5.14. The van der Waals surface area contributed by atoms with E-state index < -0.39 is 64.0 Å². The highest BCUT2D eigenvalue weighted by molar-refractivity contribution is 6.35. The fraction of sp³-hybridized carbons (Fsp3) is 0.208. The van der Waals surface area contributed by atoms with Gasteiger partial charge >= 0.3 is 12.4 Å². The van der Waals surface area contributed by atoms with E-state index in [-0.39, 0.29) is 27.6 Å². The monoisotopic (exact) mass is 580 g/mol. The van der Waals surface area contributed by atoms with Gasteiger partial charge in [0.1, 0.15) is 0 Å². The van der Waals surface area contributed by atoms with Crippen molar-refractivity contribution in [2.24, 2.45) is 5.16 Å². The zero-order valence-corrected chi connectivity index (χ0v) is 20.1. The number of oxime groups is 1. The lowest BCUT2D eigenvalue weighted by Crippen LogP contribution is -2.42. The largest absolute Gasteiger partial charge is 0.451 e. The minimum Gasteiger partial charge on any atom is -0.374 e. The molecule has 1 unspecified atom stereocenters. The molecule has 3 aromatic carbocycles. The van der Waals surface area contributed by atoms with Crippen LogP contribution in [-0.4, -0.2) is 36.3 Å². The van der Waals surface area contributed by atoms with E-state index in [0.29, 0.717) is 0 Å². The minimum absolute atomic E-state index is 0.127. The second kappa shape index (κ2) is 9.73. The zero-order valence-electron chi connectivity index (χ0n) is 18.6. The van der Waals surface area contributed by atoms with Gasteiger partial charge in [-0.15, -0.1) is 0 Å². The lowest BCUT2D eigenvalue weighted by molar-refractivity contribution is -0.275. The van der Waals surface area contributed by atoms with Crippen LogP contribution >= 0.6 is 23.2 Å². The number of halogens is 9. The molecule has 1 aliphatic rings. The van der Waals surface area contributed by atoms with Gasteiger partial charge in [-0.1, -0.05) is 58.7 Å². The number of nitrogens with one attached hydrogen (secondary N) is 1. The maximum Gasteiger partial charge on any atom is 0.451 e. The zero-order chi connectivity index (χ0) is 28.0. The number of benzene rings is 3. The Hall–Kier alpha value is -3.38. The molecule has 1 aliphatic heterocycles. The van der Waals surface area contributed by atoms with Gasteiger partial charge in [-0.3, -0.25) is 9.59 Å². The SMILES string of the molecule is O=C(NCC(=O)C(F)(F)F)c1ccc(C2=NOC(c3cc(Cl)c(F)c(Cl)c3)(C(F)(F)F)C2)c2ccccc12. The molecule has 200 valence electrons. The van der Waals surface area contributed by atoms with E-state index in [1.165, 1.54) is 36.4 Å². The standard InChI is InChI=1S/C24H13Cl2F7N2O3/c25-16-7-11(8-17(26)20(16)27)22(24(31,32)33)9-18(35-38-22)14-5-6-15(13-4-2-1-3-12(13)14)21(37)34-10-19(36)23(28,29)30/h1-8H,9-10H2,(H,34,37). The van der Waals surface area contributed by atoms with E-state index in [9.17, 15) is 40.3 Å². The summed E-state index contributed by atoms with van der Waals surface area (Å²) < 4.78 is 94.3. The summed E-state index contributed by atoms with van der Waals surface area (Å²) in [6, 6.07) is 9.81. The molecule has 1 heterocycles. The number of ketones is 1. The van der Waals surface area contributed by atoms with Crippen LogP contribution in [-0.2, 0) is 15.2 Å². The summed E-state index contributed by atoms with van der Waals surface area (Å²) in [7, 11) is 0. The Kier molecular flexibility index (Phi) is 7.08. The first-order valence-electron chi connectivity index (χ1n) is 10.5. The fourth-order valence-corrected chi connectivity index (χ4v) is 4.43. The molecule has 1 N–H and O–H groups in total. The van der Waals surface area contributed by atoms with E-state index in [0.717, 1.165) is 12.1 Å². The van der Waals surface area contributed by atoms with Crippen molar-refractivity contribution >= 4 is 51.4 Å². The van der Waals surface area contributed by atoms with E-state index in [1.54, 1.807) is 0 Å². The van der Waals surface area contributed by atoms with E-state index in [2.05, 4.69) is 5.16 Å². The summed E-state index contributed by atoms with van der Waals surface area (Å²) in [6.07, 6.45) is -11.1. The third-order valence-corrected chi connectivity index (χ3v) is 6.39. The first kappa shape index (κ1) is 27.6. The molecule has 0 aromatic heterocycles. The van der Waals surface area contributed by atoms with Gasteiger partial charge in [-0.05, 0) is 29.0 Å². The number of hydrogen-bond acceptors (Lipinski definition) is 4. The van der Waals surface area contributed by atoms with Gasteiger partial charge in [-0.25, -0.2) is 4.39 Å².